The minimum Gasteiger partial charge on any atom is -0.411 e. The van der Waals surface area contributed by atoms with E-state index in [-0.39, 0.29) is 0 Å². The van der Waals surface area contributed by atoms with Crippen LogP contribution in [0.25, 0.3) is 0 Å². The lowest BCUT2D eigenvalue weighted by molar-refractivity contribution is 0.322. The van der Waals surface area contributed by atoms with Gasteiger partial charge in [-0.15, -0.1) is 0 Å². The number of nitrogens with zero attached hydrogens (tertiary/aromatic N) is 3. The topological polar surface area (TPSA) is 48.2 Å². The summed E-state index contributed by atoms with van der Waals surface area (Å²) >= 11 is 0. The van der Waals surface area contributed by atoms with Crippen molar-refractivity contribution in [2.24, 2.45) is 10.1 Å². The van der Waals surface area contributed by atoms with Crippen LogP contribution in [0, 0.1) is 0 Å². The fourth-order valence-electron chi connectivity index (χ4n) is 0.551. The number of hydrogen-bond acceptors (Lipinski definition) is 4. The zero-order valence-corrected chi connectivity index (χ0v) is 7.28. The molecule has 64 valence electrons. The molecular weight excluding hydrogens is 142 g/mol. The molecule has 0 saturated heterocycles. The lowest BCUT2D eigenvalue weighted by Crippen LogP contribution is -2.16. The molecule has 0 bridgehead atoms. The van der Waals surface area contributed by atoms with E-state index in [2.05, 4.69) is 10.1 Å². The Morgan fingerprint density at radius 2 is 2.18 bits per heavy atom. The third-order valence-electron chi connectivity index (χ3n) is 1.15. The SMILES string of the molecule is CC(/C=N/O)=NCCN(C)C. The first-order valence-electron chi connectivity index (χ1n) is 3.50. The third-order valence-corrected chi connectivity index (χ3v) is 1.15. The minimum absolute atomic E-state index is 0.741. The molecule has 0 aromatic carbocycles. The summed E-state index contributed by atoms with van der Waals surface area (Å²) in [5.74, 6) is 0. The predicted octanol–water partition coefficient (Wildman–Crippen LogP) is 0.469. The van der Waals surface area contributed by atoms with Crippen molar-refractivity contribution in [3.8, 4) is 0 Å². The number of oxime groups is 1. The monoisotopic (exact) mass is 157 g/mol. The fraction of sp³-hybridized carbons (Fsp3) is 0.714. The van der Waals surface area contributed by atoms with E-state index >= 15 is 0 Å². The molecule has 0 radical (unpaired) electrons. The number of aliphatic imine (C=N–C) groups is 1. The van der Waals surface area contributed by atoms with Crippen LogP contribution >= 0.6 is 0 Å². The van der Waals surface area contributed by atoms with Crippen molar-refractivity contribution in [1.82, 2.24) is 4.90 Å². The van der Waals surface area contributed by atoms with Crippen molar-refractivity contribution in [3.05, 3.63) is 0 Å². The Labute approximate surface area is 67.2 Å². The van der Waals surface area contributed by atoms with Crippen LogP contribution in [0.5, 0.6) is 0 Å². The molecule has 0 atom stereocenters. The normalized spacial score (nSPS) is 13.3. The Kier molecular flexibility index (Phi) is 5.37. The zero-order chi connectivity index (χ0) is 8.69. The molecule has 0 unspecified atom stereocenters. The largest absolute Gasteiger partial charge is 0.411 e. The Balaban J connectivity index is 3.56. The van der Waals surface area contributed by atoms with Crippen molar-refractivity contribution >= 4 is 11.9 Å². The highest BCUT2D eigenvalue weighted by Gasteiger charge is 1.87. The van der Waals surface area contributed by atoms with Crippen molar-refractivity contribution in [2.75, 3.05) is 27.2 Å². The highest BCUT2D eigenvalue weighted by atomic mass is 16.4. The van der Waals surface area contributed by atoms with Crippen LogP contribution in [0.2, 0.25) is 0 Å². The van der Waals surface area contributed by atoms with Crippen molar-refractivity contribution in [1.29, 1.82) is 0 Å². The van der Waals surface area contributed by atoms with E-state index in [0.29, 0.717) is 0 Å². The van der Waals surface area contributed by atoms with Gasteiger partial charge < -0.3 is 10.1 Å². The second kappa shape index (κ2) is 5.85. The maximum atomic E-state index is 8.12. The quantitative estimate of drug-likeness (QED) is 0.366. The molecule has 11 heavy (non-hydrogen) atoms. The van der Waals surface area contributed by atoms with Gasteiger partial charge in [-0.05, 0) is 21.0 Å². The van der Waals surface area contributed by atoms with E-state index in [1.54, 1.807) is 6.92 Å². The molecule has 0 amide bonds. The molecule has 1 N–H and O–H groups in total. The molecule has 0 fully saturated rings. The molecule has 4 heteroatoms. The van der Waals surface area contributed by atoms with Crippen LogP contribution in [0.3, 0.4) is 0 Å². The lowest BCUT2D eigenvalue weighted by Gasteiger charge is -2.05. The van der Waals surface area contributed by atoms with Gasteiger partial charge in [-0.3, -0.25) is 4.99 Å². The summed E-state index contributed by atoms with van der Waals surface area (Å²) in [7, 11) is 3.98. The summed E-state index contributed by atoms with van der Waals surface area (Å²) in [5.41, 5.74) is 0.745. The molecule has 0 aliphatic carbocycles. The van der Waals surface area contributed by atoms with Gasteiger partial charge >= 0.3 is 0 Å². The van der Waals surface area contributed by atoms with Crippen molar-refractivity contribution in [3.63, 3.8) is 0 Å². The van der Waals surface area contributed by atoms with Gasteiger partial charge in [-0.25, -0.2) is 0 Å². The molecule has 0 aliphatic rings. The van der Waals surface area contributed by atoms with Gasteiger partial charge in [0.25, 0.3) is 0 Å². The maximum Gasteiger partial charge on any atom is 0.0868 e. The highest BCUT2D eigenvalue weighted by molar-refractivity contribution is 6.29. The average molecular weight is 157 g/mol. The van der Waals surface area contributed by atoms with E-state index in [0.717, 1.165) is 18.8 Å². The zero-order valence-electron chi connectivity index (χ0n) is 7.28. The maximum absolute atomic E-state index is 8.12. The van der Waals surface area contributed by atoms with Gasteiger partial charge in [0.15, 0.2) is 0 Å². The van der Waals surface area contributed by atoms with E-state index in [1.807, 2.05) is 19.0 Å². The van der Waals surface area contributed by atoms with Gasteiger partial charge in [-0.1, -0.05) is 5.16 Å². The molecule has 0 aromatic heterocycles. The third kappa shape index (κ3) is 6.99. The molecular formula is C7H15N3O. The molecule has 0 heterocycles. The van der Waals surface area contributed by atoms with Crippen LogP contribution in [0.15, 0.2) is 10.1 Å². The minimum atomic E-state index is 0.741. The second-order valence-electron chi connectivity index (χ2n) is 2.57. The summed E-state index contributed by atoms with van der Waals surface area (Å²) in [4.78, 5) is 6.17. The summed E-state index contributed by atoms with van der Waals surface area (Å²) in [6.07, 6.45) is 1.33. The molecule has 0 aliphatic heterocycles. The van der Waals surface area contributed by atoms with Crippen LogP contribution < -0.4 is 0 Å². The number of likely N-dealkylation sites (N-methyl/N-ethyl adjacent to an activating group) is 1. The van der Waals surface area contributed by atoms with Crippen LogP contribution in [-0.4, -0.2) is 49.2 Å². The lowest BCUT2D eigenvalue weighted by atomic mass is 10.4. The van der Waals surface area contributed by atoms with Gasteiger partial charge in [0.05, 0.1) is 18.5 Å². The summed E-state index contributed by atoms with van der Waals surface area (Å²) < 4.78 is 0. The fourth-order valence-corrected chi connectivity index (χ4v) is 0.551. The van der Waals surface area contributed by atoms with Gasteiger partial charge in [0.1, 0.15) is 0 Å². The molecule has 0 rings (SSSR count). The Morgan fingerprint density at radius 1 is 1.55 bits per heavy atom. The number of hydrogen-bond donors (Lipinski definition) is 1. The molecule has 0 saturated carbocycles. The van der Waals surface area contributed by atoms with Crippen molar-refractivity contribution < 1.29 is 5.21 Å². The molecule has 0 spiro atoms. The van der Waals surface area contributed by atoms with E-state index in [4.69, 9.17) is 5.21 Å². The highest BCUT2D eigenvalue weighted by Crippen LogP contribution is 1.78. The summed E-state index contributed by atoms with van der Waals surface area (Å²) in [5, 5.41) is 11.0. The summed E-state index contributed by atoms with van der Waals surface area (Å²) in [6, 6.07) is 0. The van der Waals surface area contributed by atoms with E-state index < -0.39 is 0 Å². The van der Waals surface area contributed by atoms with Crippen LogP contribution in [-0.2, 0) is 0 Å². The van der Waals surface area contributed by atoms with E-state index in [1.165, 1.54) is 6.21 Å². The first-order valence-corrected chi connectivity index (χ1v) is 3.50. The van der Waals surface area contributed by atoms with E-state index in [9.17, 15) is 0 Å². The molecule has 4 nitrogen and oxygen atoms in total. The number of rotatable bonds is 4. The first kappa shape index (κ1) is 10.1. The van der Waals surface area contributed by atoms with Crippen LogP contribution in [0.1, 0.15) is 6.92 Å². The van der Waals surface area contributed by atoms with Crippen molar-refractivity contribution in [2.45, 2.75) is 6.92 Å². The Bertz CT molecular complexity index is 152. The average Bonchev–Trinajstić information content (AvgIpc) is 1.87. The van der Waals surface area contributed by atoms with Gasteiger partial charge in [0.2, 0.25) is 0 Å². The van der Waals surface area contributed by atoms with Gasteiger partial charge in [-0.2, -0.15) is 0 Å². The smallest absolute Gasteiger partial charge is 0.0868 e. The second-order valence-corrected chi connectivity index (χ2v) is 2.57. The van der Waals surface area contributed by atoms with Gasteiger partial charge in [0, 0.05) is 6.54 Å². The predicted molar refractivity (Wildman–Crippen MR) is 46.8 cm³/mol. The Morgan fingerprint density at radius 3 is 2.64 bits per heavy atom. The van der Waals surface area contributed by atoms with Crippen LogP contribution in [0.4, 0.5) is 0 Å². The standard InChI is InChI=1S/C7H15N3O/c1-7(6-9-11)8-4-5-10(2)3/h6,11H,4-5H2,1-3H3/b8-7?,9-6+. The first-order chi connectivity index (χ1) is 5.16. The Hall–Kier alpha value is -0.900. The molecule has 0 aromatic rings. The summed E-state index contributed by atoms with van der Waals surface area (Å²) in [6.45, 7) is 3.46.